The van der Waals surface area contributed by atoms with Crippen LogP contribution in [0.15, 0.2) is 23.1 Å². The Morgan fingerprint density at radius 2 is 2.05 bits per heavy atom. The van der Waals surface area contributed by atoms with E-state index >= 15 is 0 Å². The van der Waals surface area contributed by atoms with E-state index in [1.165, 1.54) is 0 Å². The second-order valence-electron chi connectivity index (χ2n) is 6.75. The topological polar surface area (TPSA) is 42.3 Å². The smallest absolute Gasteiger partial charge is 0.251 e. The predicted octanol–water partition coefficient (Wildman–Crippen LogP) is 1.97. The maximum absolute atomic E-state index is 12.8. The van der Waals surface area contributed by atoms with Crippen molar-refractivity contribution in [2.75, 3.05) is 19.6 Å². The number of Topliss-reactive ketones (excluding diaryl/α,β-unsaturated/α-hetero) is 1. The van der Waals surface area contributed by atoms with E-state index in [1.807, 2.05) is 12.3 Å². The fraction of sp³-hybridized carbons (Fsp3) is 0.647. The molecule has 4 nitrogen and oxygen atoms in total. The second kappa shape index (κ2) is 6.32. The minimum Gasteiger partial charge on any atom is -0.305 e. The Labute approximate surface area is 129 Å². The molecule has 1 saturated carbocycles. The third-order valence-corrected chi connectivity index (χ3v) is 4.85. The lowest BCUT2D eigenvalue weighted by molar-refractivity contribution is -0.124. The molecule has 2 heterocycles. The lowest BCUT2D eigenvalue weighted by Crippen LogP contribution is -2.48. The van der Waals surface area contributed by atoms with Crippen molar-refractivity contribution in [1.82, 2.24) is 9.47 Å². The first kappa shape index (κ1) is 15.4. The molecule has 3 rings (SSSR count). The Morgan fingerprint density at radius 3 is 2.77 bits per heavy atom. The third-order valence-electron chi connectivity index (χ3n) is 4.85. The van der Waals surface area contributed by atoms with E-state index in [0.717, 1.165) is 31.4 Å². The maximum atomic E-state index is 12.8. The zero-order chi connectivity index (χ0) is 15.7. The SMILES string of the molecule is CC1CCC(=O)C(n2cc(CCN3CC(F)C3)ccc2=O)C1. The van der Waals surface area contributed by atoms with Crippen LogP contribution in [0.1, 0.15) is 37.8 Å². The van der Waals surface area contributed by atoms with Crippen LogP contribution in [0.4, 0.5) is 4.39 Å². The van der Waals surface area contributed by atoms with E-state index in [2.05, 4.69) is 11.8 Å². The number of carbonyl (C=O) groups is 1. The van der Waals surface area contributed by atoms with E-state index in [1.54, 1.807) is 10.6 Å². The number of halogens is 1. The number of rotatable bonds is 4. The van der Waals surface area contributed by atoms with E-state index in [4.69, 9.17) is 0 Å². The number of hydrogen-bond acceptors (Lipinski definition) is 3. The van der Waals surface area contributed by atoms with Gasteiger partial charge in [0.05, 0.1) is 6.04 Å². The minimum absolute atomic E-state index is 0.107. The van der Waals surface area contributed by atoms with Gasteiger partial charge in [-0.25, -0.2) is 4.39 Å². The molecule has 2 aliphatic rings. The molecule has 0 radical (unpaired) electrons. The number of alkyl halides is 1. The van der Waals surface area contributed by atoms with Gasteiger partial charge in [-0.05, 0) is 30.7 Å². The molecule has 0 N–H and O–H groups in total. The summed E-state index contributed by atoms with van der Waals surface area (Å²) in [6.45, 7) is 3.95. The Balaban J connectivity index is 1.72. The Kier molecular flexibility index (Phi) is 4.43. The van der Waals surface area contributed by atoms with Crippen molar-refractivity contribution >= 4 is 5.78 Å². The first-order valence-electron chi connectivity index (χ1n) is 8.13. The van der Waals surface area contributed by atoms with Crippen LogP contribution >= 0.6 is 0 Å². The van der Waals surface area contributed by atoms with Crippen molar-refractivity contribution in [1.29, 1.82) is 0 Å². The average Bonchev–Trinajstić information content (AvgIpc) is 2.46. The number of nitrogens with zero attached hydrogens (tertiary/aromatic N) is 2. The summed E-state index contributed by atoms with van der Waals surface area (Å²) >= 11 is 0. The highest BCUT2D eigenvalue weighted by atomic mass is 19.1. The quantitative estimate of drug-likeness (QED) is 0.854. The summed E-state index contributed by atoms with van der Waals surface area (Å²) in [5, 5.41) is 0. The van der Waals surface area contributed by atoms with Crippen molar-refractivity contribution in [2.45, 2.75) is 44.8 Å². The predicted molar refractivity (Wildman–Crippen MR) is 82.8 cm³/mol. The molecule has 1 aliphatic carbocycles. The molecule has 0 aromatic carbocycles. The zero-order valence-corrected chi connectivity index (χ0v) is 13.0. The molecule has 1 aliphatic heterocycles. The lowest BCUT2D eigenvalue weighted by Gasteiger charge is -2.34. The summed E-state index contributed by atoms with van der Waals surface area (Å²) in [6, 6.07) is 3.06. The van der Waals surface area contributed by atoms with E-state index < -0.39 is 6.17 Å². The van der Waals surface area contributed by atoms with Crippen molar-refractivity contribution in [3.05, 3.63) is 34.2 Å². The Morgan fingerprint density at radius 1 is 1.27 bits per heavy atom. The Bertz CT molecular complexity index is 607. The number of pyridine rings is 1. The summed E-state index contributed by atoms with van der Waals surface area (Å²) in [6.07, 6.45) is 4.16. The monoisotopic (exact) mass is 306 g/mol. The van der Waals surface area contributed by atoms with Crippen molar-refractivity contribution in [3.8, 4) is 0 Å². The second-order valence-corrected chi connectivity index (χ2v) is 6.75. The van der Waals surface area contributed by atoms with E-state index in [9.17, 15) is 14.0 Å². The van der Waals surface area contributed by atoms with Crippen LogP contribution in [0.5, 0.6) is 0 Å². The highest BCUT2D eigenvalue weighted by Crippen LogP contribution is 2.28. The molecule has 5 heteroatoms. The van der Waals surface area contributed by atoms with Gasteiger partial charge >= 0.3 is 0 Å². The van der Waals surface area contributed by atoms with Gasteiger partial charge in [0.15, 0.2) is 5.78 Å². The summed E-state index contributed by atoms with van der Waals surface area (Å²) < 4.78 is 14.4. The van der Waals surface area contributed by atoms with Crippen LogP contribution in [0.25, 0.3) is 0 Å². The van der Waals surface area contributed by atoms with Gasteiger partial charge in [-0.15, -0.1) is 0 Å². The molecule has 2 atom stereocenters. The number of carbonyl (C=O) groups excluding carboxylic acids is 1. The van der Waals surface area contributed by atoms with E-state index in [0.29, 0.717) is 25.4 Å². The van der Waals surface area contributed by atoms with E-state index in [-0.39, 0.29) is 17.4 Å². The standard InChI is InChI=1S/C17H23FN2O2/c1-12-2-4-16(21)15(8-12)20-9-13(3-5-17(20)22)6-7-19-10-14(18)11-19/h3,5,9,12,14-15H,2,4,6-8,10-11H2,1H3. The summed E-state index contributed by atoms with van der Waals surface area (Å²) in [4.78, 5) is 26.3. The third kappa shape index (κ3) is 3.29. The van der Waals surface area contributed by atoms with Gasteiger partial charge in [0.2, 0.25) is 0 Å². The molecular weight excluding hydrogens is 283 g/mol. The van der Waals surface area contributed by atoms with Gasteiger partial charge < -0.3 is 4.57 Å². The van der Waals surface area contributed by atoms with Crippen LogP contribution in [0.3, 0.4) is 0 Å². The molecular formula is C17H23FN2O2. The van der Waals surface area contributed by atoms with Crippen LogP contribution in [0, 0.1) is 5.92 Å². The van der Waals surface area contributed by atoms with Gasteiger partial charge in [-0.2, -0.15) is 0 Å². The Hall–Kier alpha value is -1.49. The average molecular weight is 306 g/mol. The highest BCUT2D eigenvalue weighted by molar-refractivity contribution is 5.83. The van der Waals surface area contributed by atoms with Crippen molar-refractivity contribution < 1.29 is 9.18 Å². The number of aromatic nitrogens is 1. The lowest BCUT2D eigenvalue weighted by atomic mass is 9.86. The molecule has 0 amide bonds. The van der Waals surface area contributed by atoms with Crippen LogP contribution in [-0.2, 0) is 11.2 Å². The van der Waals surface area contributed by atoms with Crippen molar-refractivity contribution in [2.24, 2.45) is 5.92 Å². The van der Waals surface area contributed by atoms with Gasteiger partial charge in [0.25, 0.3) is 5.56 Å². The molecule has 1 aromatic heterocycles. The molecule has 0 spiro atoms. The first-order chi connectivity index (χ1) is 10.5. The van der Waals surface area contributed by atoms with Gasteiger partial charge in [0, 0.05) is 38.3 Å². The summed E-state index contributed by atoms with van der Waals surface area (Å²) in [5.41, 5.74) is 0.928. The maximum Gasteiger partial charge on any atom is 0.251 e. The summed E-state index contributed by atoms with van der Waals surface area (Å²) in [5.74, 6) is 0.640. The fourth-order valence-corrected chi connectivity index (χ4v) is 3.37. The molecule has 2 fully saturated rings. The fourth-order valence-electron chi connectivity index (χ4n) is 3.37. The minimum atomic E-state index is -0.685. The molecule has 1 aromatic rings. The van der Waals surface area contributed by atoms with Crippen molar-refractivity contribution in [3.63, 3.8) is 0 Å². The number of ketones is 1. The molecule has 0 bridgehead atoms. The van der Waals surface area contributed by atoms with Crippen LogP contribution < -0.4 is 5.56 Å². The highest BCUT2D eigenvalue weighted by Gasteiger charge is 2.29. The molecule has 2 unspecified atom stereocenters. The summed E-state index contributed by atoms with van der Waals surface area (Å²) in [7, 11) is 0. The number of hydrogen-bond donors (Lipinski definition) is 0. The molecule has 120 valence electrons. The van der Waals surface area contributed by atoms with Crippen LogP contribution in [0.2, 0.25) is 0 Å². The number of likely N-dealkylation sites (tertiary alicyclic amines) is 1. The van der Waals surface area contributed by atoms with Gasteiger partial charge in [0.1, 0.15) is 6.17 Å². The molecule has 22 heavy (non-hydrogen) atoms. The largest absolute Gasteiger partial charge is 0.305 e. The van der Waals surface area contributed by atoms with Gasteiger partial charge in [-0.3, -0.25) is 14.5 Å². The zero-order valence-electron chi connectivity index (χ0n) is 13.0. The van der Waals surface area contributed by atoms with Gasteiger partial charge in [-0.1, -0.05) is 13.0 Å². The first-order valence-corrected chi connectivity index (χ1v) is 8.13. The van der Waals surface area contributed by atoms with Crippen LogP contribution in [-0.4, -0.2) is 41.1 Å². The molecule has 1 saturated heterocycles. The normalized spacial score (nSPS) is 26.9.